The van der Waals surface area contributed by atoms with Crippen LogP contribution in [0.15, 0.2) is 18.2 Å². The molecule has 0 aliphatic heterocycles. The second-order valence-corrected chi connectivity index (χ2v) is 7.79. The molecule has 0 radical (unpaired) electrons. The lowest BCUT2D eigenvalue weighted by Crippen LogP contribution is -2.31. The molecule has 0 amide bonds. The van der Waals surface area contributed by atoms with Crippen LogP contribution in [0.25, 0.3) is 0 Å². The molecule has 0 aromatic heterocycles. The first-order chi connectivity index (χ1) is 8.76. The molecule has 0 saturated carbocycles. The van der Waals surface area contributed by atoms with Crippen LogP contribution in [0.3, 0.4) is 0 Å². The normalized spacial score (nSPS) is 13.8. The summed E-state index contributed by atoms with van der Waals surface area (Å²) in [6.07, 6.45) is 0. The molecular formula is C12H16Cl3NO2S. The van der Waals surface area contributed by atoms with Gasteiger partial charge >= 0.3 is 0 Å². The quantitative estimate of drug-likeness (QED) is 0.739. The fourth-order valence-electron chi connectivity index (χ4n) is 1.52. The summed E-state index contributed by atoms with van der Waals surface area (Å²) >= 11 is 17.4. The van der Waals surface area contributed by atoms with Crippen molar-refractivity contribution in [1.82, 2.24) is 4.31 Å². The number of rotatable bonds is 6. The lowest BCUT2D eigenvalue weighted by atomic mass is 10.2. The first-order valence-corrected chi connectivity index (χ1v) is 8.60. The zero-order valence-corrected chi connectivity index (χ0v) is 13.8. The summed E-state index contributed by atoms with van der Waals surface area (Å²) in [6, 6.07) is 5.08. The van der Waals surface area contributed by atoms with E-state index < -0.39 is 10.0 Å². The van der Waals surface area contributed by atoms with Crippen LogP contribution >= 0.6 is 34.8 Å². The standard InChI is InChI=1S/C12H16Cl3NO2S/c1-9(6-13)8-19(17,18)16(2)7-10-3-4-11(14)12(15)5-10/h3-5,9H,6-8H2,1-2H3. The van der Waals surface area contributed by atoms with Crippen molar-refractivity contribution in [3.8, 4) is 0 Å². The lowest BCUT2D eigenvalue weighted by Gasteiger charge is -2.19. The third-order valence-electron chi connectivity index (χ3n) is 2.62. The van der Waals surface area contributed by atoms with Crippen LogP contribution in [0.2, 0.25) is 10.0 Å². The highest BCUT2D eigenvalue weighted by Gasteiger charge is 2.21. The highest BCUT2D eigenvalue weighted by atomic mass is 35.5. The number of halogens is 3. The molecule has 19 heavy (non-hydrogen) atoms. The minimum atomic E-state index is -3.32. The van der Waals surface area contributed by atoms with Gasteiger partial charge in [-0.05, 0) is 23.6 Å². The molecule has 1 atom stereocenters. The first-order valence-electron chi connectivity index (χ1n) is 5.70. The van der Waals surface area contributed by atoms with Crippen LogP contribution in [-0.4, -0.2) is 31.4 Å². The molecule has 1 rings (SSSR count). The van der Waals surface area contributed by atoms with Gasteiger partial charge in [0, 0.05) is 19.5 Å². The van der Waals surface area contributed by atoms with E-state index in [0.29, 0.717) is 15.9 Å². The molecule has 108 valence electrons. The van der Waals surface area contributed by atoms with Crippen LogP contribution in [0.4, 0.5) is 0 Å². The Morgan fingerprint density at radius 2 is 1.89 bits per heavy atom. The van der Waals surface area contributed by atoms with E-state index in [1.54, 1.807) is 32.2 Å². The van der Waals surface area contributed by atoms with Crippen molar-refractivity contribution in [2.75, 3.05) is 18.7 Å². The zero-order valence-electron chi connectivity index (χ0n) is 10.7. The van der Waals surface area contributed by atoms with Gasteiger partial charge in [-0.1, -0.05) is 36.2 Å². The average Bonchev–Trinajstić information content (AvgIpc) is 2.33. The Morgan fingerprint density at radius 3 is 2.42 bits per heavy atom. The van der Waals surface area contributed by atoms with E-state index in [1.807, 2.05) is 0 Å². The van der Waals surface area contributed by atoms with E-state index in [9.17, 15) is 8.42 Å². The Balaban J connectivity index is 2.78. The number of nitrogens with zero attached hydrogens (tertiary/aromatic N) is 1. The number of hydrogen-bond donors (Lipinski definition) is 0. The number of benzene rings is 1. The fourth-order valence-corrected chi connectivity index (χ4v) is 3.52. The molecule has 0 spiro atoms. The molecule has 0 bridgehead atoms. The van der Waals surface area contributed by atoms with Gasteiger partial charge in [-0.2, -0.15) is 0 Å². The number of alkyl halides is 1. The molecule has 0 saturated heterocycles. The maximum absolute atomic E-state index is 12.1. The SMILES string of the molecule is CC(CCl)CS(=O)(=O)N(C)Cc1ccc(Cl)c(Cl)c1. The van der Waals surface area contributed by atoms with Crippen LogP contribution in [0, 0.1) is 5.92 Å². The molecule has 0 fully saturated rings. The van der Waals surface area contributed by atoms with Gasteiger partial charge in [0.25, 0.3) is 0 Å². The summed E-state index contributed by atoms with van der Waals surface area (Å²) in [5, 5.41) is 0.866. The zero-order chi connectivity index (χ0) is 14.6. The second kappa shape index (κ2) is 7.14. The van der Waals surface area contributed by atoms with Gasteiger partial charge in [-0.25, -0.2) is 12.7 Å². The highest BCUT2D eigenvalue weighted by molar-refractivity contribution is 7.89. The lowest BCUT2D eigenvalue weighted by molar-refractivity contribution is 0.460. The maximum Gasteiger partial charge on any atom is 0.214 e. The van der Waals surface area contributed by atoms with Crippen molar-refractivity contribution >= 4 is 44.8 Å². The summed E-state index contributed by atoms with van der Waals surface area (Å²) in [4.78, 5) is 0. The van der Waals surface area contributed by atoms with E-state index >= 15 is 0 Å². The summed E-state index contributed by atoms with van der Waals surface area (Å²) in [6.45, 7) is 2.06. The molecule has 0 aliphatic rings. The van der Waals surface area contributed by atoms with E-state index in [1.165, 1.54) is 4.31 Å². The number of sulfonamides is 1. The fraction of sp³-hybridized carbons (Fsp3) is 0.500. The van der Waals surface area contributed by atoms with Crippen LogP contribution < -0.4 is 0 Å². The van der Waals surface area contributed by atoms with Crippen molar-refractivity contribution in [2.45, 2.75) is 13.5 Å². The van der Waals surface area contributed by atoms with Gasteiger partial charge in [-0.15, -0.1) is 11.6 Å². The first kappa shape index (κ1) is 17.1. The molecule has 7 heteroatoms. The molecule has 0 heterocycles. The summed E-state index contributed by atoms with van der Waals surface area (Å²) in [5.74, 6) is 0.275. The van der Waals surface area contributed by atoms with Gasteiger partial charge < -0.3 is 0 Å². The van der Waals surface area contributed by atoms with E-state index in [2.05, 4.69) is 0 Å². The van der Waals surface area contributed by atoms with Crippen molar-refractivity contribution in [3.05, 3.63) is 33.8 Å². The monoisotopic (exact) mass is 343 g/mol. The third-order valence-corrected chi connectivity index (χ3v) is 5.96. The van der Waals surface area contributed by atoms with Gasteiger partial charge in [0.05, 0.1) is 15.8 Å². The Kier molecular flexibility index (Phi) is 6.40. The largest absolute Gasteiger partial charge is 0.214 e. The van der Waals surface area contributed by atoms with E-state index in [4.69, 9.17) is 34.8 Å². The predicted octanol–water partition coefficient (Wildman–Crippen LogP) is 3.63. The van der Waals surface area contributed by atoms with Gasteiger partial charge in [0.15, 0.2) is 0 Å². The van der Waals surface area contributed by atoms with Crippen LogP contribution in [0.5, 0.6) is 0 Å². The van der Waals surface area contributed by atoms with Crippen LogP contribution in [-0.2, 0) is 16.6 Å². The Morgan fingerprint density at radius 1 is 1.26 bits per heavy atom. The molecule has 1 aromatic rings. The molecule has 1 unspecified atom stereocenters. The highest BCUT2D eigenvalue weighted by Crippen LogP contribution is 2.23. The number of hydrogen-bond acceptors (Lipinski definition) is 2. The maximum atomic E-state index is 12.1. The Hall–Kier alpha value is -0.000000000000000222. The average molecular weight is 345 g/mol. The van der Waals surface area contributed by atoms with E-state index in [0.717, 1.165) is 5.56 Å². The Bertz CT molecular complexity index is 534. The topological polar surface area (TPSA) is 37.4 Å². The minimum absolute atomic E-state index is 0.0360. The summed E-state index contributed by atoms with van der Waals surface area (Å²) < 4.78 is 25.4. The predicted molar refractivity (Wildman–Crippen MR) is 81.6 cm³/mol. The van der Waals surface area contributed by atoms with Crippen LogP contribution in [0.1, 0.15) is 12.5 Å². The molecule has 3 nitrogen and oxygen atoms in total. The summed E-state index contributed by atoms with van der Waals surface area (Å²) in [5.41, 5.74) is 0.791. The van der Waals surface area contributed by atoms with Gasteiger partial charge in [0.2, 0.25) is 10.0 Å². The van der Waals surface area contributed by atoms with Crippen molar-refractivity contribution in [1.29, 1.82) is 0 Å². The molecule has 0 aliphatic carbocycles. The Labute approximate surface area is 129 Å². The van der Waals surface area contributed by atoms with Gasteiger partial charge in [-0.3, -0.25) is 0 Å². The van der Waals surface area contributed by atoms with E-state index in [-0.39, 0.29) is 18.2 Å². The minimum Gasteiger partial charge on any atom is -0.212 e. The summed E-state index contributed by atoms with van der Waals surface area (Å²) in [7, 11) is -1.78. The van der Waals surface area contributed by atoms with Crippen molar-refractivity contribution in [3.63, 3.8) is 0 Å². The molecule has 1 aromatic carbocycles. The van der Waals surface area contributed by atoms with Crippen molar-refractivity contribution in [2.24, 2.45) is 5.92 Å². The molecule has 0 N–H and O–H groups in total. The van der Waals surface area contributed by atoms with Gasteiger partial charge in [0.1, 0.15) is 0 Å². The molecular weight excluding hydrogens is 329 g/mol. The van der Waals surface area contributed by atoms with Crippen molar-refractivity contribution < 1.29 is 8.42 Å². The second-order valence-electron chi connectivity index (χ2n) is 4.54. The third kappa shape index (κ3) is 5.12. The smallest absolute Gasteiger partial charge is 0.212 e.